The van der Waals surface area contributed by atoms with Gasteiger partial charge in [0.2, 0.25) is 5.75 Å². The molecule has 2 bridgehead atoms. The third-order valence-corrected chi connectivity index (χ3v) is 6.73. The first-order valence-electron chi connectivity index (χ1n) is 11.0. The number of nitrogens with zero attached hydrogens (tertiary/aromatic N) is 3. The van der Waals surface area contributed by atoms with E-state index in [-0.39, 0.29) is 33.9 Å². The molecule has 2 aromatic rings. The molecule has 1 heterocycles. The molecule has 0 unspecified atom stereocenters. The molecule has 0 spiro atoms. The number of ether oxygens (including phenoxy) is 1. The maximum Gasteiger partial charge on any atom is 0.313 e. The molecule has 3 amide bonds. The van der Waals surface area contributed by atoms with Crippen molar-refractivity contribution in [3.8, 4) is 5.75 Å². The summed E-state index contributed by atoms with van der Waals surface area (Å²) in [5.74, 6) is -3.57. The molecule has 1 saturated carbocycles. The van der Waals surface area contributed by atoms with Crippen LogP contribution in [0.3, 0.4) is 0 Å². The maximum absolute atomic E-state index is 13.8. The van der Waals surface area contributed by atoms with Crippen molar-refractivity contribution in [2.24, 2.45) is 28.8 Å². The summed E-state index contributed by atoms with van der Waals surface area (Å²) in [5.41, 5.74) is -0.661. The lowest BCUT2D eigenvalue weighted by atomic mass is 9.85. The van der Waals surface area contributed by atoms with E-state index in [0.29, 0.717) is 0 Å². The quantitative estimate of drug-likeness (QED) is 0.198. The summed E-state index contributed by atoms with van der Waals surface area (Å²) in [6, 6.07) is 7.80. The zero-order valence-electron chi connectivity index (χ0n) is 18.5. The van der Waals surface area contributed by atoms with Crippen molar-refractivity contribution in [2.45, 2.75) is 6.42 Å². The molecule has 1 N–H and O–H groups in total. The number of allylic oxidation sites excluding steroid dienone is 2. The van der Waals surface area contributed by atoms with E-state index in [1.165, 1.54) is 24.3 Å². The second-order valence-corrected chi connectivity index (χ2v) is 9.09. The molecule has 12 heteroatoms. The van der Waals surface area contributed by atoms with E-state index in [1.54, 1.807) is 0 Å². The van der Waals surface area contributed by atoms with Gasteiger partial charge in [-0.25, -0.2) is 4.39 Å². The number of para-hydroxylation sites is 1. The molecule has 2 aromatic carbocycles. The van der Waals surface area contributed by atoms with Crippen LogP contribution in [0.2, 0.25) is 5.02 Å². The van der Waals surface area contributed by atoms with Gasteiger partial charge in [-0.2, -0.15) is 10.1 Å². The molecule has 0 aromatic heterocycles. The van der Waals surface area contributed by atoms with Gasteiger partial charge in [0.1, 0.15) is 5.82 Å². The highest BCUT2D eigenvalue weighted by Crippen LogP contribution is 2.52. The summed E-state index contributed by atoms with van der Waals surface area (Å²) in [6.45, 7) is -0.696. The average Bonchev–Trinajstić information content (AvgIpc) is 3.52. The number of carbonyl (C=O) groups is 3. The molecule has 0 radical (unpaired) electrons. The number of hydrogen-bond donors (Lipinski definition) is 1. The van der Waals surface area contributed by atoms with E-state index in [4.69, 9.17) is 16.3 Å². The van der Waals surface area contributed by atoms with Crippen LogP contribution in [-0.4, -0.2) is 40.5 Å². The molecular formula is C24H18ClFN4O6. The van der Waals surface area contributed by atoms with E-state index < -0.39 is 52.6 Å². The smallest absolute Gasteiger partial charge is 0.313 e. The van der Waals surface area contributed by atoms with Gasteiger partial charge in [0.15, 0.2) is 6.61 Å². The molecule has 184 valence electrons. The predicted molar refractivity (Wildman–Crippen MR) is 126 cm³/mol. The number of rotatable bonds is 7. The summed E-state index contributed by atoms with van der Waals surface area (Å²) < 4.78 is 19.2. The molecule has 10 nitrogen and oxygen atoms in total. The molecule has 5 rings (SSSR count). The van der Waals surface area contributed by atoms with Gasteiger partial charge in [0.25, 0.3) is 17.7 Å². The van der Waals surface area contributed by atoms with E-state index in [9.17, 15) is 28.9 Å². The molecule has 1 aliphatic heterocycles. The Bertz CT molecular complexity index is 1330. The number of carbonyl (C=O) groups excluding carboxylic acids is 3. The minimum absolute atomic E-state index is 0.00392. The zero-order valence-corrected chi connectivity index (χ0v) is 19.2. The van der Waals surface area contributed by atoms with Crippen LogP contribution < -0.4 is 10.1 Å². The van der Waals surface area contributed by atoms with Crippen LogP contribution in [0.1, 0.15) is 12.0 Å². The summed E-state index contributed by atoms with van der Waals surface area (Å²) in [6.07, 6.45) is 5.72. The van der Waals surface area contributed by atoms with Gasteiger partial charge in [-0.1, -0.05) is 35.9 Å². The fourth-order valence-electron chi connectivity index (χ4n) is 5.00. The Morgan fingerprint density at radius 2 is 1.89 bits per heavy atom. The van der Waals surface area contributed by atoms with Crippen molar-refractivity contribution >= 4 is 46.9 Å². The van der Waals surface area contributed by atoms with Gasteiger partial charge in [-0.05, 0) is 36.5 Å². The number of hydrogen-bond acceptors (Lipinski definition) is 7. The van der Waals surface area contributed by atoms with E-state index in [2.05, 4.69) is 10.4 Å². The molecule has 1 saturated heterocycles. The predicted octanol–water partition coefficient (Wildman–Crippen LogP) is 3.55. The molecular weight excluding hydrogens is 495 g/mol. The van der Waals surface area contributed by atoms with Crippen LogP contribution in [0.4, 0.5) is 15.8 Å². The topological polar surface area (TPSA) is 131 Å². The van der Waals surface area contributed by atoms with Crippen molar-refractivity contribution in [3.63, 3.8) is 0 Å². The van der Waals surface area contributed by atoms with E-state index in [0.717, 1.165) is 29.8 Å². The Labute approximate surface area is 208 Å². The van der Waals surface area contributed by atoms with Crippen molar-refractivity contribution in [1.29, 1.82) is 0 Å². The van der Waals surface area contributed by atoms with Gasteiger partial charge < -0.3 is 10.1 Å². The number of nitrogens with one attached hydrogen (secondary N) is 1. The minimum atomic E-state index is -0.770. The highest BCUT2D eigenvalue weighted by molar-refractivity contribution is 6.31. The second-order valence-electron chi connectivity index (χ2n) is 8.65. The Hall–Kier alpha value is -4.12. The second kappa shape index (κ2) is 9.15. The molecule has 3 aliphatic rings. The third kappa shape index (κ3) is 4.11. The lowest BCUT2D eigenvalue weighted by Gasteiger charge is -2.13. The SMILES string of the molecule is O=C(COc1c(C=NN2C(=O)[C@@H]3[C@H](C2=O)[C@H]2C=C[C@H]3C2)cc(Cl)cc1[N+](=O)[O-])Nc1ccccc1F. The number of anilines is 1. The molecule has 2 fully saturated rings. The number of hydrazone groups is 1. The van der Waals surface area contributed by atoms with Crippen LogP contribution in [0, 0.1) is 39.6 Å². The molecule has 2 aliphatic carbocycles. The fourth-order valence-corrected chi connectivity index (χ4v) is 5.22. The number of imide groups is 1. The van der Waals surface area contributed by atoms with Crippen LogP contribution in [-0.2, 0) is 14.4 Å². The Morgan fingerprint density at radius 1 is 1.22 bits per heavy atom. The standard InChI is InChI=1S/C24H18ClFN4O6/c25-15-8-14(10-27-29-23(32)20-12-5-6-13(7-12)21(20)24(29)33)22(18(9-15)30(34)35)36-11-19(31)28-17-4-2-1-3-16(17)26/h1-6,8-10,12-13,20-21H,7,11H2,(H,28,31)/t12-,13-,20-,21+/m0/s1. The summed E-state index contributed by atoms with van der Waals surface area (Å²) >= 11 is 6.03. The van der Waals surface area contributed by atoms with E-state index >= 15 is 0 Å². The minimum Gasteiger partial charge on any atom is -0.476 e. The normalized spacial score (nSPS) is 24.0. The van der Waals surface area contributed by atoms with Crippen LogP contribution in [0.5, 0.6) is 5.75 Å². The zero-order chi connectivity index (χ0) is 25.6. The number of amides is 3. The van der Waals surface area contributed by atoms with Crippen molar-refractivity contribution in [2.75, 3.05) is 11.9 Å². The number of nitro benzene ring substituents is 1. The Kier molecular flexibility index (Phi) is 6.00. The first-order chi connectivity index (χ1) is 17.2. The van der Waals surface area contributed by atoms with Gasteiger partial charge in [-0.3, -0.25) is 24.5 Å². The van der Waals surface area contributed by atoms with Gasteiger partial charge in [-0.15, -0.1) is 0 Å². The largest absolute Gasteiger partial charge is 0.476 e. The number of fused-ring (bicyclic) bond motifs is 5. The summed E-state index contributed by atoms with van der Waals surface area (Å²) in [7, 11) is 0. The van der Waals surface area contributed by atoms with Crippen molar-refractivity contribution in [1.82, 2.24) is 5.01 Å². The number of halogens is 2. The van der Waals surface area contributed by atoms with E-state index in [1.807, 2.05) is 12.2 Å². The van der Waals surface area contributed by atoms with Crippen LogP contribution in [0.25, 0.3) is 0 Å². The lowest BCUT2D eigenvalue weighted by Crippen LogP contribution is -2.28. The average molecular weight is 513 g/mol. The van der Waals surface area contributed by atoms with Gasteiger partial charge >= 0.3 is 5.69 Å². The van der Waals surface area contributed by atoms with Crippen molar-refractivity contribution < 1.29 is 28.4 Å². The monoisotopic (exact) mass is 512 g/mol. The third-order valence-electron chi connectivity index (χ3n) is 6.51. The van der Waals surface area contributed by atoms with Gasteiger partial charge in [0.05, 0.1) is 28.7 Å². The fraction of sp³-hybridized carbons (Fsp3) is 0.250. The van der Waals surface area contributed by atoms with Crippen molar-refractivity contribution in [3.05, 3.63) is 75.1 Å². The first kappa shape index (κ1) is 23.6. The number of benzene rings is 2. The highest BCUT2D eigenvalue weighted by Gasteiger charge is 2.59. The van der Waals surface area contributed by atoms with Crippen LogP contribution >= 0.6 is 11.6 Å². The molecule has 36 heavy (non-hydrogen) atoms. The Morgan fingerprint density at radius 3 is 2.53 bits per heavy atom. The maximum atomic E-state index is 13.8. The first-order valence-corrected chi connectivity index (χ1v) is 11.4. The lowest BCUT2D eigenvalue weighted by molar-refractivity contribution is -0.385. The van der Waals surface area contributed by atoms with Crippen LogP contribution in [0.15, 0.2) is 53.7 Å². The highest BCUT2D eigenvalue weighted by atomic mass is 35.5. The summed E-state index contributed by atoms with van der Waals surface area (Å²) in [5, 5.41) is 18.7. The Balaban J connectivity index is 1.38. The molecule has 4 atom stereocenters. The van der Waals surface area contributed by atoms with Gasteiger partial charge in [0, 0.05) is 16.7 Å². The number of nitro groups is 1. The summed E-state index contributed by atoms with van der Waals surface area (Å²) in [4.78, 5) is 48.9.